The molecule has 0 aromatic rings. The number of amides is 3. The van der Waals surface area contributed by atoms with Gasteiger partial charge in [-0.3, -0.25) is 4.79 Å². The first-order chi connectivity index (χ1) is 9.36. The van der Waals surface area contributed by atoms with Gasteiger partial charge in [0.1, 0.15) is 12.1 Å². The van der Waals surface area contributed by atoms with Crippen LogP contribution in [0.3, 0.4) is 0 Å². The summed E-state index contributed by atoms with van der Waals surface area (Å²) in [7, 11) is 1.69. The van der Waals surface area contributed by atoms with E-state index in [4.69, 9.17) is 0 Å². The molecule has 112 valence electrons. The highest BCUT2D eigenvalue weighted by atomic mass is 16.4. The summed E-state index contributed by atoms with van der Waals surface area (Å²) >= 11 is 0. The molecule has 0 aromatic heterocycles. The number of carbonyl (C=O) groups is 3. The maximum atomic E-state index is 12.4. The zero-order chi connectivity index (χ0) is 14.9. The van der Waals surface area contributed by atoms with Crippen LogP contribution in [0.25, 0.3) is 0 Å². The summed E-state index contributed by atoms with van der Waals surface area (Å²) in [6, 6.07) is -0.174. The van der Waals surface area contributed by atoms with Crippen LogP contribution in [0, 0.1) is 0 Å². The largest absolute Gasteiger partial charge is 0.480 e. The highest BCUT2D eigenvalue weighted by Crippen LogP contribution is 2.28. The maximum absolute atomic E-state index is 12.4. The van der Waals surface area contributed by atoms with Gasteiger partial charge < -0.3 is 19.8 Å². The Kier molecular flexibility index (Phi) is 3.87. The van der Waals surface area contributed by atoms with E-state index in [0.717, 1.165) is 12.8 Å². The molecule has 1 atom stereocenters. The number of carbonyl (C=O) groups excluding carboxylic acids is 2. The third kappa shape index (κ3) is 2.44. The first kappa shape index (κ1) is 14.6. The number of carboxylic acid groups (broad SMARTS) is 1. The summed E-state index contributed by atoms with van der Waals surface area (Å²) in [6.07, 6.45) is 2.07. The van der Waals surface area contributed by atoms with Crippen LogP contribution in [0.2, 0.25) is 0 Å². The van der Waals surface area contributed by atoms with Gasteiger partial charge in [-0.05, 0) is 26.2 Å². The van der Waals surface area contributed by atoms with Crippen molar-refractivity contribution in [2.75, 3.05) is 33.2 Å². The molecule has 3 amide bonds. The summed E-state index contributed by atoms with van der Waals surface area (Å²) < 4.78 is 0. The second-order valence-electron chi connectivity index (χ2n) is 5.71. The lowest BCUT2D eigenvalue weighted by molar-refractivity contribution is -0.161. The highest BCUT2D eigenvalue weighted by molar-refractivity contribution is 5.90. The van der Waals surface area contributed by atoms with Crippen molar-refractivity contribution in [3.05, 3.63) is 0 Å². The second-order valence-corrected chi connectivity index (χ2v) is 5.71. The van der Waals surface area contributed by atoms with E-state index in [0.29, 0.717) is 26.1 Å². The Bertz CT molecular complexity index is 439. The molecule has 7 nitrogen and oxygen atoms in total. The van der Waals surface area contributed by atoms with Gasteiger partial charge in [-0.1, -0.05) is 0 Å². The molecule has 0 aliphatic carbocycles. The van der Waals surface area contributed by atoms with Crippen molar-refractivity contribution < 1.29 is 19.5 Å². The molecule has 20 heavy (non-hydrogen) atoms. The first-order valence-corrected chi connectivity index (χ1v) is 6.90. The Morgan fingerprint density at radius 3 is 2.50 bits per heavy atom. The smallest absolute Gasteiger partial charge is 0.329 e. The molecule has 0 radical (unpaired) electrons. The minimum atomic E-state index is -1.15. The third-order valence-electron chi connectivity index (χ3n) is 4.28. The van der Waals surface area contributed by atoms with Crippen molar-refractivity contribution in [3.8, 4) is 0 Å². The van der Waals surface area contributed by atoms with Crippen LogP contribution in [-0.4, -0.2) is 76.5 Å². The van der Waals surface area contributed by atoms with Crippen LogP contribution in [0.1, 0.15) is 26.2 Å². The Morgan fingerprint density at radius 2 is 1.95 bits per heavy atom. The summed E-state index contributed by atoms with van der Waals surface area (Å²) in [4.78, 5) is 40.1. The number of rotatable bonds is 3. The number of likely N-dealkylation sites (tertiary alicyclic amines) is 1. The van der Waals surface area contributed by atoms with E-state index >= 15 is 0 Å². The molecule has 2 heterocycles. The van der Waals surface area contributed by atoms with Crippen LogP contribution in [0.5, 0.6) is 0 Å². The number of nitrogens with zero attached hydrogens (tertiary/aromatic N) is 3. The predicted molar refractivity (Wildman–Crippen MR) is 71.2 cm³/mol. The first-order valence-electron chi connectivity index (χ1n) is 6.90. The predicted octanol–water partition coefficient (Wildman–Crippen LogP) is 0.210. The van der Waals surface area contributed by atoms with Gasteiger partial charge in [0.25, 0.3) is 0 Å². The van der Waals surface area contributed by atoms with Crippen molar-refractivity contribution in [3.63, 3.8) is 0 Å². The number of piperidine rings is 1. The fourth-order valence-electron chi connectivity index (χ4n) is 2.84. The van der Waals surface area contributed by atoms with Crippen LogP contribution in [-0.2, 0) is 9.59 Å². The van der Waals surface area contributed by atoms with E-state index in [9.17, 15) is 19.5 Å². The number of hydrogen-bond acceptors (Lipinski definition) is 3. The van der Waals surface area contributed by atoms with Crippen molar-refractivity contribution in [1.82, 2.24) is 14.7 Å². The maximum Gasteiger partial charge on any atom is 0.329 e. The molecule has 0 bridgehead atoms. The minimum absolute atomic E-state index is 0.0357. The lowest BCUT2D eigenvalue weighted by Gasteiger charge is -2.42. The number of urea groups is 1. The molecule has 0 unspecified atom stereocenters. The molecule has 7 heteroatoms. The number of carboxylic acids is 1. The standard InChI is InChI=1S/C13H21N3O4/c1-13(11(18)19)5-3-4-6-16(13)10(17)9-15-8-7-14(2)12(15)20/h3-9H2,1-2H3,(H,18,19)/t13-/m0/s1. The molecule has 0 aromatic carbocycles. The highest BCUT2D eigenvalue weighted by Gasteiger charge is 2.44. The van der Waals surface area contributed by atoms with Crippen molar-refractivity contribution in [2.45, 2.75) is 31.7 Å². The SMILES string of the molecule is CN1CCN(CC(=O)N2CCCC[C@@]2(C)C(=O)O)C1=O. The quantitative estimate of drug-likeness (QED) is 0.803. The number of hydrogen-bond donors (Lipinski definition) is 1. The van der Waals surface area contributed by atoms with E-state index in [1.54, 1.807) is 18.9 Å². The molecule has 2 aliphatic rings. The Morgan fingerprint density at radius 1 is 1.25 bits per heavy atom. The van der Waals surface area contributed by atoms with Gasteiger partial charge in [0.2, 0.25) is 5.91 Å². The zero-order valence-electron chi connectivity index (χ0n) is 12.0. The average Bonchev–Trinajstić information content (AvgIpc) is 2.71. The molecule has 2 fully saturated rings. The summed E-state index contributed by atoms with van der Waals surface area (Å²) in [6.45, 7) is 3.11. The van der Waals surface area contributed by atoms with Crippen LogP contribution >= 0.6 is 0 Å². The van der Waals surface area contributed by atoms with E-state index in [1.807, 2.05) is 0 Å². The topological polar surface area (TPSA) is 81.2 Å². The Balaban J connectivity index is 2.07. The van der Waals surface area contributed by atoms with E-state index in [2.05, 4.69) is 0 Å². The fourth-order valence-corrected chi connectivity index (χ4v) is 2.84. The van der Waals surface area contributed by atoms with Crippen LogP contribution in [0.4, 0.5) is 4.79 Å². The number of likely N-dealkylation sites (N-methyl/N-ethyl adjacent to an activating group) is 1. The van der Waals surface area contributed by atoms with Gasteiger partial charge in [0.15, 0.2) is 0 Å². The van der Waals surface area contributed by atoms with Crippen molar-refractivity contribution in [1.29, 1.82) is 0 Å². The lowest BCUT2D eigenvalue weighted by atomic mass is 9.88. The van der Waals surface area contributed by atoms with Gasteiger partial charge >= 0.3 is 12.0 Å². The summed E-state index contributed by atoms with van der Waals surface area (Å²) in [5.74, 6) is -1.26. The zero-order valence-corrected chi connectivity index (χ0v) is 12.0. The van der Waals surface area contributed by atoms with Crippen LogP contribution < -0.4 is 0 Å². The minimum Gasteiger partial charge on any atom is -0.480 e. The summed E-state index contributed by atoms with van der Waals surface area (Å²) in [5.41, 5.74) is -1.15. The van der Waals surface area contributed by atoms with Gasteiger partial charge in [-0.25, -0.2) is 9.59 Å². The van der Waals surface area contributed by atoms with Gasteiger partial charge in [0.05, 0.1) is 0 Å². The normalized spacial score (nSPS) is 27.1. The van der Waals surface area contributed by atoms with Gasteiger partial charge in [0, 0.05) is 26.7 Å². The second kappa shape index (κ2) is 5.30. The molecule has 2 saturated heterocycles. The van der Waals surface area contributed by atoms with Gasteiger partial charge in [-0.15, -0.1) is 0 Å². The molecular weight excluding hydrogens is 262 g/mol. The number of aliphatic carboxylic acids is 1. The molecule has 1 N–H and O–H groups in total. The third-order valence-corrected chi connectivity index (χ3v) is 4.28. The lowest BCUT2D eigenvalue weighted by Crippen LogP contribution is -2.59. The molecule has 2 aliphatic heterocycles. The molecule has 0 saturated carbocycles. The molecule has 2 rings (SSSR count). The Labute approximate surface area is 118 Å². The summed E-state index contributed by atoms with van der Waals surface area (Å²) in [5, 5.41) is 9.39. The van der Waals surface area contributed by atoms with E-state index in [1.165, 1.54) is 9.80 Å². The van der Waals surface area contributed by atoms with Crippen molar-refractivity contribution >= 4 is 17.9 Å². The average molecular weight is 283 g/mol. The van der Waals surface area contributed by atoms with E-state index in [-0.39, 0.29) is 18.5 Å². The Hall–Kier alpha value is -1.79. The molecular formula is C13H21N3O4. The van der Waals surface area contributed by atoms with Crippen LogP contribution in [0.15, 0.2) is 0 Å². The monoisotopic (exact) mass is 283 g/mol. The fraction of sp³-hybridized carbons (Fsp3) is 0.769. The van der Waals surface area contributed by atoms with Crippen molar-refractivity contribution in [2.24, 2.45) is 0 Å². The van der Waals surface area contributed by atoms with E-state index < -0.39 is 11.5 Å². The molecule has 0 spiro atoms. The van der Waals surface area contributed by atoms with Gasteiger partial charge in [-0.2, -0.15) is 0 Å².